The third kappa shape index (κ3) is 6.90. The highest BCUT2D eigenvalue weighted by Crippen LogP contribution is 2.16. The molecular formula is C16H28O2Si. The third-order valence-electron chi connectivity index (χ3n) is 3.18. The van der Waals surface area contributed by atoms with Crippen molar-refractivity contribution in [3.05, 3.63) is 35.9 Å². The predicted octanol–water partition coefficient (Wildman–Crippen LogP) is 4.47. The van der Waals surface area contributed by atoms with Gasteiger partial charge in [-0.1, -0.05) is 57.0 Å². The van der Waals surface area contributed by atoms with Crippen LogP contribution in [0.4, 0.5) is 0 Å². The van der Waals surface area contributed by atoms with Gasteiger partial charge in [0.05, 0.1) is 0 Å². The molecule has 2 nitrogen and oxygen atoms in total. The van der Waals surface area contributed by atoms with Crippen LogP contribution in [-0.2, 0) is 14.9 Å². The first-order valence-corrected chi connectivity index (χ1v) is 10.0. The highest BCUT2D eigenvalue weighted by molar-refractivity contribution is 6.65. The average molecular weight is 280 g/mol. The van der Waals surface area contributed by atoms with E-state index in [1.165, 1.54) is 18.4 Å². The fourth-order valence-electron chi connectivity index (χ4n) is 1.98. The molecule has 0 aromatic heterocycles. The lowest BCUT2D eigenvalue weighted by atomic mass is 10.2. The van der Waals surface area contributed by atoms with E-state index in [-0.39, 0.29) is 0 Å². The number of hydrogen-bond donors (Lipinski definition) is 0. The molecule has 0 saturated carbocycles. The molecule has 0 bridgehead atoms. The molecule has 0 atom stereocenters. The molecule has 0 spiro atoms. The zero-order valence-corrected chi connectivity index (χ0v) is 13.7. The van der Waals surface area contributed by atoms with Crippen LogP contribution in [0, 0.1) is 0 Å². The minimum Gasteiger partial charge on any atom is -0.394 e. The number of benzene rings is 1. The van der Waals surface area contributed by atoms with Gasteiger partial charge in [0.2, 0.25) is 0 Å². The Kier molecular flexibility index (Phi) is 8.02. The maximum absolute atomic E-state index is 6.14. The molecule has 0 saturated heterocycles. The molecule has 0 aliphatic carbocycles. The topological polar surface area (TPSA) is 18.5 Å². The van der Waals surface area contributed by atoms with Gasteiger partial charge in [0.1, 0.15) is 0 Å². The van der Waals surface area contributed by atoms with E-state index in [0.717, 1.165) is 32.1 Å². The van der Waals surface area contributed by atoms with Gasteiger partial charge in [-0.3, -0.25) is 0 Å². The van der Waals surface area contributed by atoms with Gasteiger partial charge in [0.25, 0.3) is 0 Å². The van der Waals surface area contributed by atoms with Gasteiger partial charge < -0.3 is 8.85 Å². The number of rotatable bonds is 10. The molecule has 3 heteroatoms. The Balaban J connectivity index is 2.56. The fraction of sp³-hybridized carbons (Fsp3) is 0.625. The van der Waals surface area contributed by atoms with E-state index >= 15 is 0 Å². The molecule has 108 valence electrons. The van der Waals surface area contributed by atoms with Gasteiger partial charge in [0.15, 0.2) is 0 Å². The smallest absolute Gasteiger partial charge is 0.339 e. The Bertz CT molecular complexity index is 317. The zero-order valence-electron chi connectivity index (χ0n) is 12.7. The average Bonchev–Trinajstić information content (AvgIpc) is 2.40. The van der Waals surface area contributed by atoms with E-state index in [9.17, 15) is 0 Å². The van der Waals surface area contributed by atoms with E-state index in [2.05, 4.69) is 50.7 Å². The highest BCUT2D eigenvalue weighted by Gasteiger charge is 2.31. The van der Waals surface area contributed by atoms with E-state index < -0.39 is 8.56 Å². The van der Waals surface area contributed by atoms with Crippen molar-refractivity contribution in [2.45, 2.75) is 52.1 Å². The second-order valence-electron chi connectivity index (χ2n) is 5.20. The molecule has 19 heavy (non-hydrogen) atoms. The highest BCUT2D eigenvalue weighted by atomic mass is 28.4. The summed E-state index contributed by atoms with van der Waals surface area (Å²) in [5, 5.41) is 0. The second-order valence-corrected chi connectivity index (χ2v) is 8.40. The van der Waals surface area contributed by atoms with Crippen LogP contribution < -0.4 is 0 Å². The quantitative estimate of drug-likeness (QED) is 0.465. The minimum atomic E-state index is -2.06. The van der Waals surface area contributed by atoms with Crippen molar-refractivity contribution in [2.75, 3.05) is 13.2 Å². The number of unbranched alkanes of at least 4 members (excludes halogenated alkanes) is 2. The normalized spacial score (nSPS) is 11.7. The van der Waals surface area contributed by atoms with Crippen molar-refractivity contribution in [3.8, 4) is 0 Å². The monoisotopic (exact) mass is 280 g/mol. The van der Waals surface area contributed by atoms with Gasteiger partial charge in [-0.05, 0) is 25.0 Å². The van der Waals surface area contributed by atoms with Gasteiger partial charge in [0, 0.05) is 19.3 Å². The Morgan fingerprint density at radius 1 is 0.895 bits per heavy atom. The van der Waals surface area contributed by atoms with Gasteiger partial charge in [-0.25, -0.2) is 0 Å². The molecule has 1 rings (SSSR count). The van der Waals surface area contributed by atoms with Gasteiger partial charge in [-0.2, -0.15) is 0 Å². The molecule has 0 aliphatic rings. The summed E-state index contributed by atoms with van der Waals surface area (Å²) >= 11 is 0. The van der Waals surface area contributed by atoms with Crippen molar-refractivity contribution in [1.29, 1.82) is 0 Å². The van der Waals surface area contributed by atoms with Crippen molar-refractivity contribution in [3.63, 3.8) is 0 Å². The summed E-state index contributed by atoms with van der Waals surface area (Å²) in [5.41, 5.74) is 1.32. The minimum absolute atomic E-state index is 0.832. The summed E-state index contributed by atoms with van der Waals surface area (Å²) in [6.07, 6.45) is 4.58. The van der Waals surface area contributed by atoms with Crippen molar-refractivity contribution in [1.82, 2.24) is 0 Å². The van der Waals surface area contributed by atoms with Crippen LogP contribution in [0.2, 0.25) is 6.55 Å². The fourth-order valence-corrected chi connectivity index (χ4v) is 4.39. The van der Waals surface area contributed by atoms with Crippen molar-refractivity contribution in [2.24, 2.45) is 0 Å². The molecule has 0 fully saturated rings. The van der Waals surface area contributed by atoms with Crippen LogP contribution in [-0.4, -0.2) is 21.8 Å². The van der Waals surface area contributed by atoms with Crippen molar-refractivity contribution < 1.29 is 8.85 Å². The molecule has 1 aromatic carbocycles. The molecule has 0 heterocycles. The van der Waals surface area contributed by atoms with Crippen LogP contribution in [0.25, 0.3) is 0 Å². The third-order valence-corrected chi connectivity index (χ3v) is 5.86. The molecule has 0 radical (unpaired) electrons. The van der Waals surface area contributed by atoms with E-state index in [4.69, 9.17) is 8.85 Å². The maximum Gasteiger partial charge on any atom is 0.339 e. The molecule has 0 N–H and O–H groups in total. The molecular weight excluding hydrogens is 252 g/mol. The first-order valence-electron chi connectivity index (χ1n) is 7.52. The van der Waals surface area contributed by atoms with Crippen molar-refractivity contribution >= 4 is 8.56 Å². The van der Waals surface area contributed by atoms with Gasteiger partial charge >= 0.3 is 8.56 Å². The Morgan fingerprint density at radius 2 is 1.42 bits per heavy atom. The van der Waals surface area contributed by atoms with Crippen LogP contribution in [0.5, 0.6) is 0 Å². The van der Waals surface area contributed by atoms with E-state index in [0.29, 0.717) is 0 Å². The summed E-state index contributed by atoms with van der Waals surface area (Å²) in [5.74, 6) is 0. The Hall–Kier alpha value is -0.643. The number of hydrogen-bond acceptors (Lipinski definition) is 2. The second kappa shape index (κ2) is 9.29. The SMILES string of the molecule is CCCCO[Si](C)(Cc1ccccc1)OCCCC. The lowest BCUT2D eigenvalue weighted by molar-refractivity contribution is 0.168. The first-order chi connectivity index (χ1) is 9.20. The van der Waals surface area contributed by atoms with E-state index in [1.807, 2.05) is 0 Å². The summed E-state index contributed by atoms with van der Waals surface area (Å²) in [4.78, 5) is 0. The summed E-state index contributed by atoms with van der Waals surface area (Å²) < 4.78 is 12.3. The van der Waals surface area contributed by atoms with Crippen LogP contribution in [0.15, 0.2) is 30.3 Å². The summed E-state index contributed by atoms with van der Waals surface area (Å²) in [6.45, 7) is 8.25. The van der Waals surface area contributed by atoms with E-state index in [1.54, 1.807) is 0 Å². The standard InChI is InChI=1S/C16H28O2Si/c1-4-6-13-17-19(3,18-14-7-5-2)15-16-11-9-8-10-12-16/h8-12H,4-7,13-15H2,1-3H3. The first kappa shape index (κ1) is 16.4. The van der Waals surface area contributed by atoms with Crippen LogP contribution in [0.3, 0.4) is 0 Å². The van der Waals surface area contributed by atoms with Crippen LogP contribution >= 0.6 is 0 Å². The molecule has 1 aromatic rings. The summed E-state index contributed by atoms with van der Waals surface area (Å²) in [7, 11) is -2.06. The van der Waals surface area contributed by atoms with Gasteiger partial charge in [-0.15, -0.1) is 0 Å². The van der Waals surface area contributed by atoms with Crippen LogP contribution in [0.1, 0.15) is 45.1 Å². The molecule has 0 unspecified atom stereocenters. The zero-order chi connectivity index (χ0) is 14.0. The maximum atomic E-state index is 6.14. The summed E-state index contributed by atoms with van der Waals surface area (Å²) in [6, 6.07) is 11.5. The Morgan fingerprint density at radius 3 is 1.89 bits per heavy atom. The predicted molar refractivity (Wildman–Crippen MR) is 83.5 cm³/mol. The Labute approximate surface area is 119 Å². The largest absolute Gasteiger partial charge is 0.394 e. The lowest BCUT2D eigenvalue weighted by Gasteiger charge is -2.27. The lowest BCUT2D eigenvalue weighted by Crippen LogP contribution is -2.42. The molecule has 0 aliphatic heterocycles. The molecule has 0 amide bonds.